The Morgan fingerprint density at radius 1 is 1.19 bits per heavy atom. The fourth-order valence-electron chi connectivity index (χ4n) is 3.83. The summed E-state index contributed by atoms with van der Waals surface area (Å²) >= 11 is 0. The van der Waals surface area contributed by atoms with Gasteiger partial charge in [0.1, 0.15) is 6.10 Å². The third-order valence-corrected chi connectivity index (χ3v) is 5.28. The van der Waals surface area contributed by atoms with E-state index in [1.54, 1.807) is 12.0 Å². The molecule has 27 heavy (non-hydrogen) atoms. The van der Waals surface area contributed by atoms with Gasteiger partial charge in [-0.25, -0.2) is 4.79 Å². The zero-order valence-electron chi connectivity index (χ0n) is 16.0. The largest absolute Gasteiger partial charge is 0.441 e. The molecule has 1 heterocycles. The van der Waals surface area contributed by atoms with Crippen molar-refractivity contribution in [3.63, 3.8) is 0 Å². The van der Waals surface area contributed by atoms with Crippen LogP contribution in [0.2, 0.25) is 0 Å². The van der Waals surface area contributed by atoms with Crippen LogP contribution in [0.1, 0.15) is 43.6 Å². The number of nitrogens with zero attached hydrogens (tertiary/aromatic N) is 1. The molecular weight excluding hydrogens is 368 g/mol. The van der Waals surface area contributed by atoms with Gasteiger partial charge in [-0.2, -0.15) is 0 Å². The minimum Gasteiger partial charge on any atom is -0.441 e. The minimum atomic E-state index is -0.296. The highest BCUT2D eigenvalue weighted by Crippen LogP contribution is 2.35. The topological polar surface area (TPSA) is 74.0 Å². The van der Waals surface area contributed by atoms with E-state index in [9.17, 15) is 4.79 Å². The minimum absolute atomic E-state index is 0. The number of benzene rings is 1. The first-order valence-electron chi connectivity index (χ1n) is 9.60. The molecule has 0 bridgehead atoms. The average Bonchev–Trinajstić information content (AvgIpc) is 3.03. The second-order valence-electron chi connectivity index (χ2n) is 7.15. The van der Waals surface area contributed by atoms with Crippen LogP contribution in [-0.4, -0.2) is 51.7 Å². The van der Waals surface area contributed by atoms with Crippen molar-refractivity contribution in [2.24, 2.45) is 5.73 Å². The highest BCUT2D eigenvalue weighted by atomic mass is 35.5. The Hall–Kier alpha value is -1.34. The van der Waals surface area contributed by atoms with E-state index in [0.29, 0.717) is 31.7 Å². The highest BCUT2D eigenvalue weighted by Gasteiger charge is 2.32. The molecule has 1 aromatic rings. The number of halogens is 1. The molecule has 1 aromatic carbocycles. The third-order valence-electron chi connectivity index (χ3n) is 5.28. The first-order chi connectivity index (χ1) is 12.7. The standard InChI is InChI=1S/C20H30N2O4.ClH/c1-24-14-19-13-22(20(23)26-19)17-7-3-15(4-8-17)16-5-9-18(10-6-16)25-12-2-11-21;/h3-4,7-8,16,18-19H,2,5-6,9-14,21H2,1H3;1H/t16-,18-,19?;. The lowest BCUT2D eigenvalue weighted by Gasteiger charge is -2.29. The number of cyclic esters (lactones) is 1. The second kappa shape index (κ2) is 10.9. The number of anilines is 1. The molecule has 0 radical (unpaired) electrons. The number of carbonyl (C=O) groups excluding carboxylic acids is 1. The molecule has 1 aliphatic carbocycles. The smallest absolute Gasteiger partial charge is 0.414 e. The molecule has 1 saturated heterocycles. The van der Waals surface area contributed by atoms with Crippen molar-refractivity contribution < 1.29 is 19.0 Å². The maximum absolute atomic E-state index is 12.0. The molecule has 2 N–H and O–H groups in total. The average molecular weight is 399 g/mol. The number of hydrogen-bond donors (Lipinski definition) is 1. The van der Waals surface area contributed by atoms with Crippen molar-refractivity contribution in [3.05, 3.63) is 29.8 Å². The van der Waals surface area contributed by atoms with E-state index < -0.39 is 0 Å². The quantitative estimate of drug-likeness (QED) is 0.678. The Balaban J connectivity index is 0.00000261. The van der Waals surface area contributed by atoms with Crippen LogP contribution >= 0.6 is 12.4 Å². The zero-order valence-corrected chi connectivity index (χ0v) is 16.8. The van der Waals surface area contributed by atoms with Gasteiger partial charge in [0.15, 0.2) is 0 Å². The molecule has 0 spiro atoms. The van der Waals surface area contributed by atoms with Gasteiger partial charge in [-0.3, -0.25) is 4.90 Å². The summed E-state index contributed by atoms with van der Waals surface area (Å²) in [6, 6.07) is 8.34. The van der Waals surface area contributed by atoms with E-state index in [2.05, 4.69) is 12.1 Å². The predicted molar refractivity (Wildman–Crippen MR) is 108 cm³/mol. The van der Waals surface area contributed by atoms with Crippen molar-refractivity contribution in [1.82, 2.24) is 0 Å². The first kappa shape index (κ1) is 22.0. The number of methoxy groups -OCH3 is 1. The Morgan fingerprint density at radius 3 is 2.52 bits per heavy atom. The van der Waals surface area contributed by atoms with Gasteiger partial charge in [0.25, 0.3) is 0 Å². The summed E-state index contributed by atoms with van der Waals surface area (Å²) in [6.45, 7) is 2.43. The summed E-state index contributed by atoms with van der Waals surface area (Å²) in [5, 5.41) is 0. The van der Waals surface area contributed by atoms with Crippen LogP contribution < -0.4 is 10.6 Å². The van der Waals surface area contributed by atoms with Gasteiger partial charge in [0, 0.05) is 19.4 Å². The molecule has 1 amide bonds. The lowest BCUT2D eigenvalue weighted by molar-refractivity contribution is 0.0243. The van der Waals surface area contributed by atoms with Crippen LogP contribution in [0.4, 0.5) is 10.5 Å². The van der Waals surface area contributed by atoms with Crippen molar-refractivity contribution >= 4 is 24.2 Å². The normalized spacial score (nSPS) is 25.2. The van der Waals surface area contributed by atoms with Crippen molar-refractivity contribution in [3.8, 4) is 0 Å². The Labute approximate surface area is 167 Å². The van der Waals surface area contributed by atoms with Gasteiger partial charge >= 0.3 is 6.09 Å². The molecule has 3 rings (SSSR count). The van der Waals surface area contributed by atoms with Gasteiger partial charge in [-0.05, 0) is 62.3 Å². The van der Waals surface area contributed by atoms with Gasteiger partial charge in [0.2, 0.25) is 0 Å². The van der Waals surface area contributed by atoms with Gasteiger partial charge in [0.05, 0.1) is 19.3 Å². The second-order valence-corrected chi connectivity index (χ2v) is 7.15. The van der Waals surface area contributed by atoms with E-state index in [1.165, 1.54) is 5.56 Å². The molecule has 2 aliphatic rings. The maximum atomic E-state index is 12.0. The first-order valence-corrected chi connectivity index (χ1v) is 9.60. The summed E-state index contributed by atoms with van der Waals surface area (Å²) in [7, 11) is 1.61. The number of amides is 1. The Bertz CT molecular complexity index is 576. The maximum Gasteiger partial charge on any atom is 0.414 e. The molecule has 1 atom stereocenters. The molecule has 6 nitrogen and oxygen atoms in total. The number of ether oxygens (including phenoxy) is 3. The van der Waals surface area contributed by atoms with E-state index in [0.717, 1.165) is 44.4 Å². The molecule has 1 unspecified atom stereocenters. The highest BCUT2D eigenvalue weighted by molar-refractivity contribution is 5.89. The van der Waals surface area contributed by atoms with E-state index in [-0.39, 0.29) is 24.6 Å². The summed E-state index contributed by atoms with van der Waals surface area (Å²) < 4.78 is 16.3. The Morgan fingerprint density at radius 2 is 1.89 bits per heavy atom. The lowest BCUT2D eigenvalue weighted by atomic mass is 9.82. The monoisotopic (exact) mass is 398 g/mol. The predicted octanol–water partition coefficient (Wildman–Crippen LogP) is 3.47. The van der Waals surface area contributed by atoms with Crippen LogP contribution in [0.3, 0.4) is 0 Å². The lowest BCUT2D eigenvalue weighted by Crippen LogP contribution is -2.25. The number of hydrogen-bond acceptors (Lipinski definition) is 5. The van der Waals surface area contributed by atoms with Crippen LogP contribution in [-0.2, 0) is 14.2 Å². The third kappa shape index (κ3) is 5.82. The SMILES string of the molecule is COCC1CN(c2ccc([C@H]3CC[C@H](OCCCN)CC3)cc2)C(=O)O1.Cl. The van der Waals surface area contributed by atoms with Gasteiger partial charge in [-0.15, -0.1) is 12.4 Å². The summed E-state index contributed by atoms with van der Waals surface area (Å²) in [4.78, 5) is 13.7. The number of carbonyl (C=O) groups is 1. The summed E-state index contributed by atoms with van der Waals surface area (Å²) in [6.07, 6.45) is 5.34. The molecule has 2 fully saturated rings. The molecule has 7 heteroatoms. The fraction of sp³-hybridized carbons (Fsp3) is 0.650. The van der Waals surface area contributed by atoms with E-state index >= 15 is 0 Å². The van der Waals surface area contributed by atoms with E-state index in [1.807, 2.05) is 12.1 Å². The molecule has 152 valence electrons. The van der Waals surface area contributed by atoms with Crippen LogP contribution in [0.5, 0.6) is 0 Å². The van der Waals surface area contributed by atoms with Crippen molar-refractivity contribution in [2.75, 3.05) is 38.3 Å². The molecule has 0 aromatic heterocycles. The molecule has 1 saturated carbocycles. The van der Waals surface area contributed by atoms with Crippen LogP contribution in [0.15, 0.2) is 24.3 Å². The summed E-state index contributed by atoms with van der Waals surface area (Å²) in [5.41, 5.74) is 7.74. The van der Waals surface area contributed by atoms with Gasteiger partial charge in [-0.1, -0.05) is 12.1 Å². The van der Waals surface area contributed by atoms with Crippen LogP contribution in [0.25, 0.3) is 0 Å². The van der Waals surface area contributed by atoms with Gasteiger partial charge < -0.3 is 19.9 Å². The van der Waals surface area contributed by atoms with Crippen molar-refractivity contribution in [2.45, 2.75) is 50.2 Å². The fourth-order valence-corrected chi connectivity index (χ4v) is 3.83. The number of nitrogens with two attached hydrogens (primary N) is 1. The van der Waals surface area contributed by atoms with E-state index in [4.69, 9.17) is 19.9 Å². The molecule has 1 aliphatic heterocycles. The number of rotatable bonds is 8. The molecular formula is C20H31ClN2O4. The summed E-state index contributed by atoms with van der Waals surface area (Å²) in [5.74, 6) is 0.574. The van der Waals surface area contributed by atoms with Crippen LogP contribution in [0, 0.1) is 0 Å². The Kier molecular flexibility index (Phi) is 8.83. The zero-order chi connectivity index (χ0) is 18.4. The van der Waals surface area contributed by atoms with Crippen molar-refractivity contribution in [1.29, 1.82) is 0 Å².